The summed E-state index contributed by atoms with van der Waals surface area (Å²) in [4.78, 5) is 10.2. The Hall–Kier alpha value is -1.33. The lowest BCUT2D eigenvalue weighted by atomic mass is 10.4. The van der Waals surface area contributed by atoms with E-state index in [1.807, 2.05) is 0 Å². The van der Waals surface area contributed by atoms with E-state index >= 15 is 0 Å². The summed E-state index contributed by atoms with van der Waals surface area (Å²) >= 11 is 0. The average molecular weight is 197 g/mol. The Kier molecular flexibility index (Phi) is 4.74. The minimum absolute atomic E-state index is 0.199. The summed E-state index contributed by atoms with van der Waals surface area (Å²) in [6, 6.07) is 3.13. The molecule has 0 spiro atoms. The molecule has 0 atom stereocenters. The molecule has 1 aromatic rings. The average Bonchev–Trinajstić information content (AvgIpc) is 2.74. The lowest BCUT2D eigenvalue weighted by molar-refractivity contribution is 0.0974. The van der Waals surface area contributed by atoms with Gasteiger partial charge in [-0.25, -0.2) is 0 Å². The predicted octanol–water partition coefficient (Wildman–Crippen LogP) is -0.442. The van der Waals surface area contributed by atoms with Crippen LogP contribution in [0, 0.1) is 0 Å². The van der Waals surface area contributed by atoms with E-state index in [1.165, 1.54) is 12.3 Å². The van der Waals surface area contributed by atoms with Crippen LogP contribution in [0.3, 0.4) is 0 Å². The van der Waals surface area contributed by atoms with E-state index < -0.39 is 5.91 Å². The molecule has 0 aromatic carbocycles. The highest BCUT2D eigenvalue weighted by Gasteiger charge is 1.98. The molecular formula is C9H15N3O2. The molecule has 1 aliphatic heterocycles. The van der Waals surface area contributed by atoms with Crippen LogP contribution in [0.25, 0.3) is 0 Å². The third kappa shape index (κ3) is 4.06. The molecule has 78 valence electrons. The zero-order valence-corrected chi connectivity index (χ0v) is 7.95. The number of amides is 1. The molecule has 1 saturated heterocycles. The van der Waals surface area contributed by atoms with E-state index in [1.54, 1.807) is 6.07 Å². The molecule has 4 N–H and O–H groups in total. The van der Waals surface area contributed by atoms with Gasteiger partial charge in [0.25, 0.3) is 5.91 Å². The van der Waals surface area contributed by atoms with Gasteiger partial charge in [0.05, 0.1) is 6.26 Å². The second-order valence-electron chi connectivity index (χ2n) is 2.84. The SMILES string of the molecule is C1CNCCN1.NC(=O)c1ccco1. The summed E-state index contributed by atoms with van der Waals surface area (Å²) in [5, 5.41) is 6.44. The Balaban J connectivity index is 0.000000146. The Morgan fingerprint density at radius 1 is 1.29 bits per heavy atom. The summed E-state index contributed by atoms with van der Waals surface area (Å²) in [6.45, 7) is 4.56. The Labute approximate surface area is 82.7 Å². The van der Waals surface area contributed by atoms with Crippen molar-refractivity contribution in [2.75, 3.05) is 26.2 Å². The smallest absolute Gasteiger partial charge is 0.284 e. The second-order valence-corrected chi connectivity index (χ2v) is 2.84. The van der Waals surface area contributed by atoms with Crippen molar-refractivity contribution in [3.05, 3.63) is 24.2 Å². The third-order valence-electron chi connectivity index (χ3n) is 1.72. The molecule has 0 saturated carbocycles. The van der Waals surface area contributed by atoms with Crippen molar-refractivity contribution in [2.24, 2.45) is 5.73 Å². The maximum Gasteiger partial charge on any atom is 0.284 e. The maximum absolute atomic E-state index is 10.2. The molecule has 5 heteroatoms. The van der Waals surface area contributed by atoms with E-state index in [0.717, 1.165) is 26.2 Å². The fourth-order valence-electron chi connectivity index (χ4n) is 1.02. The van der Waals surface area contributed by atoms with Crippen LogP contribution in [0.1, 0.15) is 10.6 Å². The summed E-state index contributed by atoms with van der Waals surface area (Å²) in [6.07, 6.45) is 1.40. The molecule has 0 unspecified atom stereocenters. The van der Waals surface area contributed by atoms with E-state index in [2.05, 4.69) is 15.1 Å². The molecule has 1 amide bonds. The van der Waals surface area contributed by atoms with Crippen LogP contribution in [0.15, 0.2) is 22.8 Å². The van der Waals surface area contributed by atoms with Crippen molar-refractivity contribution < 1.29 is 9.21 Å². The highest BCUT2D eigenvalue weighted by Crippen LogP contribution is 1.96. The van der Waals surface area contributed by atoms with Gasteiger partial charge in [-0.05, 0) is 12.1 Å². The topological polar surface area (TPSA) is 80.3 Å². The van der Waals surface area contributed by atoms with Crippen LogP contribution in [0.2, 0.25) is 0 Å². The number of nitrogens with one attached hydrogen (secondary N) is 2. The summed E-state index contributed by atoms with van der Waals surface area (Å²) in [5.41, 5.74) is 4.83. The van der Waals surface area contributed by atoms with Gasteiger partial charge in [-0.1, -0.05) is 0 Å². The number of rotatable bonds is 1. The first-order chi connectivity index (χ1) is 6.80. The monoisotopic (exact) mass is 197 g/mol. The van der Waals surface area contributed by atoms with Crippen molar-refractivity contribution >= 4 is 5.91 Å². The van der Waals surface area contributed by atoms with Crippen LogP contribution in [-0.2, 0) is 0 Å². The van der Waals surface area contributed by atoms with E-state index in [0.29, 0.717) is 0 Å². The van der Waals surface area contributed by atoms with Crippen molar-refractivity contribution in [1.82, 2.24) is 10.6 Å². The molecule has 5 nitrogen and oxygen atoms in total. The molecule has 0 radical (unpaired) electrons. The normalized spacial score (nSPS) is 15.4. The van der Waals surface area contributed by atoms with Crippen molar-refractivity contribution in [2.45, 2.75) is 0 Å². The van der Waals surface area contributed by atoms with E-state index in [9.17, 15) is 4.79 Å². The summed E-state index contributed by atoms with van der Waals surface area (Å²) in [7, 11) is 0. The van der Waals surface area contributed by atoms with Gasteiger partial charge in [0.1, 0.15) is 0 Å². The zero-order chi connectivity index (χ0) is 10.2. The van der Waals surface area contributed by atoms with Gasteiger partial charge in [0.2, 0.25) is 0 Å². The van der Waals surface area contributed by atoms with Crippen molar-refractivity contribution in [1.29, 1.82) is 0 Å². The Morgan fingerprint density at radius 2 is 1.86 bits per heavy atom. The minimum Gasteiger partial charge on any atom is -0.459 e. The number of hydrogen-bond acceptors (Lipinski definition) is 4. The molecule has 2 heterocycles. The number of hydrogen-bond donors (Lipinski definition) is 3. The number of nitrogens with two attached hydrogens (primary N) is 1. The standard InChI is InChI=1S/C5H5NO2.C4H10N2/c6-5(7)4-2-1-3-8-4;1-2-6-4-3-5-1/h1-3H,(H2,6,7);5-6H,1-4H2. The van der Waals surface area contributed by atoms with Crippen LogP contribution in [0.4, 0.5) is 0 Å². The van der Waals surface area contributed by atoms with Gasteiger partial charge < -0.3 is 20.8 Å². The molecule has 1 fully saturated rings. The lowest BCUT2D eigenvalue weighted by Crippen LogP contribution is -2.39. The molecule has 1 aliphatic rings. The van der Waals surface area contributed by atoms with Crippen LogP contribution < -0.4 is 16.4 Å². The molecule has 14 heavy (non-hydrogen) atoms. The van der Waals surface area contributed by atoms with Crippen LogP contribution >= 0.6 is 0 Å². The van der Waals surface area contributed by atoms with Gasteiger partial charge in [0, 0.05) is 26.2 Å². The summed E-state index contributed by atoms with van der Waals surface area (Å²) < 4.78 is 4.62. The number of furan rings is 1. The summed E-state index contributed by atoms with van der Waals surface area (Å²) in [5.74, 6) is -0.333. The number of piperazine rings is 1. The van der Waals surface area contributed by atoms with Gasteiger partial charge in [-0.3, -0.25) is 4.79 Å². The van der Waals surface area contributed by atoms with Gasteiger partial charge in [-0.2, -0.15) is 0 Å². The number of carbonyl (C=O) groups is 1. The minimum atomic E-state index is -0.532. The zero-order valence-electron chi connectivity index (χ0n) is 7.95. The van der Waals surface area contributed by atoms with Gasteiger partial charge in [-0.15, -0.1) is 0 Å². The lowest BCUT2D eigenvalue weighted by Gasteiger charge is -2.11. The second kappa shape index (κ2) is 6.17. The maximum atomic E-state index is 10.2. The molecule has 1 aromatic heterocycles. The number of carbonyl (C=O) groups excluding carboxylic acids is 1. The highest BCUT2D eigenvalue weighted by molar-refractivity contribution is 5.89. The molecule has 0 aliphatic carbocycles. The highest BCUT2D eigenvalue weighted by atomic mass is 16.3. The first-order valence-corrected chi connectivity index (χ1v) is 4.55. The molecule has 2 rings (SSSR count). The Morgan fingerprint density at radius 3 is 2.07 bits per heavy atom. The first-order valence-electron chi connectivity index (χ1n) is 4.55. The van der Waals surface area contributed by atoms with Crippen LogP contribution in [0.5, 0.6) is 0 Å². The fraction of sp³-hybridized carbons (Fsp3) is 0.444. The largest absolute Gasteiger partial charge is 0.459 e. The Bertz CT molecular complexity index is 244. The fourth-order valence-corrected chi connectivity index (χ4v) is 1.02. The quantitative estimate of drug-likeness (QED) is 0.570. The van der Waals surface area contributed by atoms with Crippen molar-refractivity contribution in [3.8, 4) is 0 Å². The first kappa shape index (κ1) is 10.7. The van der Waals surface area contributed by atoms with Gasteiger partial charge in [0.15, 0.2) is 5.76 Å². The van der Waals surface area contributed by atoms with Gasteiger partial charge >= 0.3 is 0 Å². The predicted molar refractivity (Wildman–Crippen MR) is 53.0 cm³/mol. The number of primary amides is 1. The van der Waals surface area contributed by atoms with Crippen molar-refractivity contribution in [3.63, 3.8) is 0 Å². The molecule has 0 bridgehead atoms. The van der Waals surface area contributed by atoms with E-state index in [-0.39, 0.29) is 5.76 Å². The third-order valence-corrected chi connectivity index (χ3v) is 1.72. The van der Waals surface area contributed by atoms with E-state index in [4.69, 9.17) is 5.73 Å². The molecular weight excluding hydrogens is 182 g/mol. The van der Waals surface area contributed by atoms with Crippen LogP contribution in [-0.4, -0.2) is 32.1 Å².